The van der Waals surface area contributed by atoms with E-state index in [2.05, 4.69) is 33.6 Å². The number of carbonyl (C=O) groups excluding carboxylic acids is 3. The summed E-state index contributed by atoms with van der Waals surface area (Å²) in [5, 5.41) is 2.76. The monoisotopic (exact) mass is 463 g/mol. The third-order valence-electron chi connectivity index (χ3n) is 6.66. The van der Waals surface area contributed by atoms with Crippen LogP contribution in [0, 0.1) is 17.8 Å². The number of rotatable bonds is 6. The number of esters is 2. The molecule has 3 aliphatic rings. The largest absolute Gasteiger partial charge is 0.465 e. The maximum absolute atomic E-state index is 12.7. The van der Waals surface area contributed by atoms with Crippen LogP contribution >= 0.6 is 23.5 Å². The van der Waals surface area contributed by atoms with Crippen LogP contribution in [0.15, 0.2) is 24.3 Å². The summed E-state index contributed by atoms with van der Waals surface area (Å²) < 4.78 is 10.4. The molecule has 1 spiro atoms. The molecule has 1 amide bonds. The van der Waals surface area contributed by atoms with Gasteiger partial charge in [0.05, 0.1) is 22.7 Å². The molecular weight excluding hydrogens is 434 g/mol. The van der Waals surface area contributed by atoms with E-state index in [1.807, 2.05) is 0 Å². The molecule has 1 aliphatic heterocycles. The summed E-state index contributed by atoms with van der Waals surface area (Å²) in [5.41, 5.74) is 1.31. The summed E-state index contributed by atoms with van der Waals surface area (Å²) in [6.07, 6.45) is 5.46. The fourth-order valence-electron chi connectivity index (χ4n) is 5.18. The zero-order chi connectivity index (χ0) is 21.8. The predicted molar refractivity (Wildman–Crippen MR) is 122 cm³/mol. The van der Waals surface area contributed by atoms with Crippen LogP contribution in [0.2, 0.25) is 0 Å². The number of ether oxygens (including phenoxy) is 2. The number of methoxy groups -OCH3 is 1. The third-order valence-corrected chi connectivity index (χ3v) is 10.7. The molecule has 6 nitrogen and oxygen atoms in total. The van der Waals surface area contributed by atoms with Crippen LogP contribution < -0.4 is 5.32 Å². The van der Waals surface area contributed by atoms with Crippen LogP contribution in [-0.4, -0.2) is 47.1 Å². The topological polar surface area (TPSA) is 81.7 Å². The van der Waals surface area contributed by atoms with E-state index in [9.17, 15) is 14.4 Å². The number of thioether (sulfide) groups is 2. The standard InChI is InChI=1S/C23H29NO5S2/c1-28-21(26)16-7-5-15(6-8-16)13-24-20(25)14-29-22(27)17-11-18-3-2-4-19(12-17)23(18)30-9-10-31-23/h5-8,17-19H,2-4,9-14H2,1H3,(H,24,25). The van der Waals surface area contributed by atoms with E-state index in [1.54, 1.807) is 24.3 Å². The molecule has 2 saturated carbocycles. The first-order valence-electron chi connectivity index (χ1n) is 10.9. The maximum Gasteiger partial charge on any atom is 0.337 e. The lowest BCUT2D eigenvalue weighted by molar-refractivity contribution is -0.155. The van der Waals surface area contributed by atoms with E-state index in [0.717, 1.165) is 18.4 Å². The van der Waals surface area contributed by atoms with Crippen molar-refractivity contribution in [1.29, 1.82) is 0 Å². The molecule has 1 aromatic rings. The lowest BCUT2D eigenvalue weighted by Gasteiger charge is -2.51. The quantitative estimate of drug-likeness (QED) is 0.645. The first-order valence-corrected chi connectivity index (χ1v) is 12.9. The molecule has 2 atom stereocenters. The molecule has 4 rings (SSSR count). The van der Waals surface area contributed by atoms with E-state index in [0.29, 0.717) is 28.0 Å². The molecule has 1 N–H and O–H groups in total. The Hall–Kier alpha value is -1.67. The van der Waals surface area contributed by atoms with Gasteiger partial charge >= 0.3 is 11.9 Å². The second-order valence-corrected chi connectivity index (χ2v) is 11.5. The number of hydrogen-bond acceptors (Lipinski definition) is 7. The van der Waals surface area contributed by atoms with E-state index in [-0.39, 0.29) is 24.4 Å². The zero-order valence-corrected chi connectivity index (χ0v) is 19.4. The molecule has 1 heterocycles. The highest BCUT2D eigenvalue weighted by molar-refractivity contribution is 8.21. The Morgan fingerprint density at radius 2 is 1.71 bits per heavy atom. The van der Waals surface area contributed by atoms with Crippen molar-refractivity contribution in [3.05, 3.63) is 35.4 Å². The molecule has 0 aromatic heterocycles. The van der Waals surface area contributed by atoms with E-state index in [4.69, 9.17) is 4.74 Å². The lowest BCUT2D eigenvalue weighted by atomic mass is 9.67. The van der Waals surface area contributed by atoms with Crippen LogP contribution in [0.5, 0.6) is 0 Å². The van der Waals surface area contributed by atoms with Crippen LogP contribution in [0.1, 0.15) is 48.0 Å². The van der Waals surface area contributed by atoms with Crippen molar-refractivity contribution in [2.75, 3.05) is 25.2 Å². The highest BCUT2D eigenvalue weighted by atomic mass is 32.2. The second kappa shape index (κ2) is 9.86. The molecule has 2 aliphatic carbocycles. The Morgan fingerprint density at radius 1 is 1.06 bits per heavy atom. The van der Waals surface area contributed by atoms with Gasteiger partial charge < -0.3 is 14.8 Å². The highest BCUT2D eigenvalue weighted by Crippen LogP contribution is 2.64. The summed E-state index contributed by atoms with van der Waals surface area (Å²) >= 11 is 4.24. The van der Waals surface area contributed by atoms with Gasteiger partial charge in [0, 0.05) is 18.1 Å². The van der Waals surface area contributed by atoms with Gasteiger partial charge in [-0.1, -0.05) is 18.6 Å². The van der Waals surface area contributed by atoms with Gasteiger partial charge in [0.2, 0.25) is 0 Å². The Balaban J connectivity index is 1.23. The van der Waals surface area contributed by atoms with Crippen molar-refractivity contribution in [3.63, 3.8) is 0 Å². The number of amides is 1. The molecule has 31 heavy (non-hydrogen) atoms. The summed E-state index contributed by atoms with van der Waals surface area (Å²) in [5.74, 6) is 2.58. The van der Waals surface area contributed by atoms with E-state index >= 15 is 0 Å². The molecular formula is C23H29NO5S2. The first-order chi connectivity index (χ1) is 15.0. The highest BCUT2D eigenvalue weighted by Gasteiger charge is 2.55. The number of hydrogen-bond donors (Lipinski definition) is 1. The Kier molecular flexibility index (Phi) is 7.16. The van der Waals surface area contributed by atoms with Crippen LogP contribution in [0.3, 0.4) is 0 Å². The van der Waals surface area contributed by atoms with Gasteiger partial charge in [-0.2, -0.15) is 0 Å². The molecule has 2 unspecified atom stereocenters. The van der Waals surface area contributed by atoms with Gasteiger partial charge in [0.1, 0.15) is 0 Å². The number of nitrogens with one attached hydrogen (secondary N) is 1. The summed E-state index contributed by atoms with van der Waals surface area (Å²) in [6.45, 7) is 0.0575. The van der Waals surface area contributed by atoms with Crippen molar-refractivity contribution in [2.45, 2.75) is 42.7 Å². The summed E-state index contributed by atoms with van der Waals surface area (Å²) in [6, 6.07) is 6.82. The van der Waals surface area contributed by atoms with Gasteiger partial charge in [-0.15, -0.1) is 23.5 Å². The third kappa shape index (κ3) is 4.90. The minimum atomic E-state index is -0.398. The molecule has 1 aromatic carbocycles. The summed E-state index contributed by atoms with van der Waals surface area (Å²) in [4.78, 5) is 36.3. The van der Waals surface area contributed by atoms with Gasteiger partial charge in [-0.3, -0.25) is 9.59 Å². The average molecular weight is 464 g/mol. The van der Waals surface area contributed by atoms with E-state index < -0.39 is 5.97 Å². The van der Waals surface area contributed by atoms with Gasteiger partial charge in [0.25, 0.3) is 5.91 Å². The number of benzene rings is 1. The first kappa shape index (κ1) is 22.5. The van der Waals surface area contributed by atoms with Crippen molar-refractivity contribution in [2.24, 2.45) is 17.8 Å². The lowest BCUT2D eigenvalue weighted by Crippen LogP contribution is -2.48. The van der Waals surface area contributed by atoms with Crippen molar-refractivity contribution in [3.8, 4) is 0 Å². The number of carbonyl (C=O) groups is 3. The van der Waals surface area contributed by atoms with Crippen LogP contribution in [-0.2, 0) is 25.6 Å². The van der Waals surface area contributed by atoms with Crippen molar-refractivity contribution < 1.29 is 23.9 Å². The molecule has 3 fully saturated rings. The normalized spacial score (nSPS) is 26.3. The van der Waals surface area contributed by atoms with E-state index in [1.165, 1.54) is 37.9 Å². The Morgan fingerprint density at radius 3 is 2.32 bits per heavy atom. The molecule has 1 saturated heterocycles. The Labute approximate surface area is 191 Å². The summed E-state index contributed by atoms with van der Waals surface area (Å²) in [7, 11) is 1.34. The Bertz CT molecular complexity index is 806. The zero-order valence-electron chi connectivity index (χ0n) is 17.8. The smallest absolute Gasteiger partial charge is 0.337 e. The van der Waals surface area contributed by atoms with Gasteiger partial charge in [0.15, 0.2) is 6.61 Å². The van der Waals surface area contributed by atoms with Crippen LogP contribution in [0.4, 0.5) is 0 Å². The van der Waals surface area contributed by atoms with Gasteiger partial charge in [-0.25, -0.2) is 4.79 Å². The van der Waals surface area contributed by atoms with Crippen LogP contribution in [0.25, 0.3) is 0 Å². The molecule has 168 valence electrons. The minimum Gasteiger partial charge on any atom is -0.465 e. The molecule has 8 heteroatoms. The fraction of sp³-hybridized carbons (Fsp3) is 0.609. The fourth-order valence-corrected chi connectivity index (χ4v) is 9.12. The second-order valence-electron chi connectivity index (χ2n) is 8.48. The SMILES string of the molecule is COC(=O)c1ccc(CNC(=O)COC(=O)C2CC3CCCC(C2)C32SCCS2)cc1. The van der Waals surface area contributed by atoms with Gasteiger partial charge in [-0.05, 0) is 55.2 Å². The predicted octanol–water partition coefficient (Wildman–Crippen LogP) is 3.64. The minimum absolute atomic E-state index is 0.0820. The molecule has 0 radical (unpaired) electrons. The molecule has 2 bridgehead atoms. The van der Waals surface area contributed by atoms with Crippen molar-refractivity contribution >= 4 is 41.4 Å². The maximum atomic E-state index is 12.7. The average Bonchev–Trinajstić information content (AvgIpc) is 3.25. The van der Waals surface area contributed by atoms with Crippen molar-refractivity contribution in [1.82, 2.24) is 5.32 Å².